The Kier molecular flexibility index (Phi) is 12.6. The fourth-order valence-corrected chi connectivity index (χ4v) is 3.66. The molecule has 0 saturated carbocycles. The van der Waals surface area contributed by atoms with Gasteiger partial charge in [-0.05, 0) is 30.3 Å². The first-order chi connectivity index (χ1) is 15.9. The number of para-hydroxylation sites is 2. The Labute approximate surface area is 215 Å². The van der Waals surface area contributed by atoms with Gasteiger partial charge in [0.15, 0.2) is 0 Å². The molecule has 0 atom stereocenters. The predicted octanol–water partition coefficient (Wildman–Crippen LogP) is 5.51. The summed E-state index contributed by atoms with van der Waals surface area (Å²) in [6.45, 7) is 7.27. The van der Waals surface area contributed by atoms with Gasteiger partial charge in [0.2, 0.25) is 0 Å². The molecule has 6 heteroatoms. The largest absolute Gasteiger partial charge is 0.457 e. The summed E-state index contributed by atoms with van der Waals surface area (Å²) in [7, 11) is 0. The van der Waals surface area contributed by atoms with Crippen molar-refractivity contribution in [3.63, 3.8) is 0 Å². The Morgan fingerprint density at radius 2 is 1.32 bits per heavy atom. The number of hydrogen-bond donors (Lipinski definition) is 0. The Morgan fingerprint density at radius 1 is 0.706 bits per heavy atom. The van der Waals surface area contributed by atoms with E-state index in [9.17, 15) is 0 Å². The third-order valence-electron chi connectivity index (χ3n) is 5.53. The van der Waals surface area contributed by atoms with Crippen LogP contribution in [-0.4, -0.2) is 55.7 Å². The number of benzene rings is 3. The van der Waals surface area contributed by atoms with Gasteiger partial charge in [-0.25, -0.2) is 0 Å². The normalized spacial score (nSPS) is 13.6. The van der Waals surface area contributed by atoms with E-state index in [1.165, 1.54) is 0 Å². The van der Waals surface area contributed by atoms with Crippen molar-refractivity contribution in [2.75, 3.05) is 45.9 Å². The van der Waals surface area contributed by atoms with Crippen LogP contribution in [0.4, 0.5) is 0 Å². The highest BCUT2D eigenvalue weighted by Crippen LogP contribution is 2.25. The van der Waals surface area contributed by atoms with Gasteiger partial charge in [-0.15, -0.1) is 24.8 Å². The molecule has 0 aliphatic carbocycles. The van der Waals surface area contributed by atoms with Crippen molar-refractivity contribution in [1.82, 2.24) is 9.80 Å². The topological polar surface area (TPSA) is 24.9 Å². The minimum Gasteiger partial charge on any atom is -0.457 e. The summed E-state index contributed by atoms with van der Waals surface area (Å²) < 4.78 is 12.0. The summed E-state index contributed by atoms with van der Waals surface area (Å²) in [6.07, 6.45) is 0. The number of piperazine rings is 1. The molecule has 180 valence electrons. The molecule has 0 spiro atoms. The Hall–Kier alpha value is -2.52. The first-order valence-electron chi connectivity index (χ1n) is 11.2. The van der Waals surface area contributed by atoms with Gasteiger partial charge in [0, 0.05) is 43.9 Å². The van der Waals surface area contributed by atoms with Gasteiger partial charge in [0.25, 0.3) is 0 Å². The van der Waals surface area contributed by atoms with Crippen LogP contribution in [0.5, 0.6) is 11.5 Å². The molecule has 0 aromatic heterocycles. The summed E-state index contributed by atoms with van der Waals surface area (Å²) >= 11 is 0. The van der Waals surface area contributed by atoms with Gasteiger partial charge < -0.3 is 9.47 Å². The number of halogens is 2. The molecular formula is C28H32Cl2N2O2. The third kappa shape index (κ3) is 9.02. The van der Waals surface area contributed by atoms with Crippen LogP contribution >= 0.6 is 24.8 Å². The number of rotatable bonds is 8. The van der Waals surface area contributed by atoms with Gasteiger partial charge >= 0.3 is 0 Å². The van der Waals surface area contributed by atoms with Crippen molar-refractivity contribution in [2.24, 2.45) is 0 Å². The van der Waals surface area contributed by atoms with E-state index in [1.807, 2.05) is 66.7 Å². The SMILES string of the molecule is C(#Cc1ccccc1)CN1CCN(CCOCc2ccccc2Oc2ccccc2)CC1.Cl.Cl. The zero-order valence-corrected chi connectivity index (χ0v) is 20.9. The van der Waals surface area contributed by atoms with E-state index < -0.39 is 0 Å². The van der Waals surface area contributed by atoms with Crippen LogP contribution in [0.15, 0.2) is 84.9 Å². The van der Waals surface area contributed by atoms with Crippen molar-refractivity contribution in [3.05, 3.63) is 96.1 Å². The molecule has 1 fully saturated rings. The summed E-state index contributed by atoms with van der Waals surface area (Å²) in [5.74, 6) is 8.23. The molecule has 1 aliphatic heterocycles. The second-order valence-corrected chi connectivity index (χ2v) is 7.86. The minimum atomic E-state index is 0. The highest BCUT2D eigenvalue weighted by atomic mass is 35.5. The molecular weight excluding hydrogens is 467 g/mol. The third-order valence-corrected chi connectivity index (χ3v) is 5.53. The zero-order valence-electron chi connectivity index (χ0n) is 19.3. The maximum Gasteiger partial charge on any atom is 0.132 e. The lowest BCUT2D eigenvalue weighted by molar-refractivity contribution is 0.0708. The van der Waals surface area contributed by atoms with E-state index in [0.29, 0.717) is 13.2 Å². The van der Waals surface area contributed by atoms with Gasteiger partial charge in [0.1, 0.15) is 11.5 Å². The second kappa shape index (κ2) is 15.4. The van der Waals surface area contributed by atoms with E-state index >= 15 is 0 Å². The molecule has 1 saturated heterocycles. The van der Waals surface area contributed by atoms with Gasteiger partial charge in [-0.1, -0.05) is 66.4 Å². The fraction of sp³-hybridized carbons (Fsp3) is 0.286. The molecule has 3 aromatic rings. The number of ether oxygens (including phenoxy) is 2. The molecule has 1 aliphatic rings. The van der Waals surface area contributed by atoms with Crippen LogP contribution < -0.4 is 4.74 Å². The summed E-state index contributed by atoms with van der Waals surface area (Å²) in [6, 6.07) is 28.1. The van der Waals surface area contributed by atoms with Crippen molar-refractivity contribution in [1.29, 1.82) is 0 Å². The zero-order chi connectivity index (χ0) is 21.8. The summed E-state index contributed by atoms with van der Waals surface area (Å²) in [5, 5.41) is 0. The van der Waals surface area contributed by atoms with Crippen LogP contribution in [-0.2, 0) is 11.3 Å². The molecule has 1 heterocycles. The summed E-state index contributed by atoms with van der Waals surface area (Å²) in [5.41, 5.74) is 2.15. The maximum atomic E-state index is 6.02. The van der Waals surface area contributed by atoms with E-state index in [2.05, 4.69) is 39.8 Å². The first kappa shape index (κ1) is 27.7. The van der Waals surface area contributed by atoms with Crippen molar-refractivity contribution >= 4 is 24.8 Å². The first-order valence-corrected chi connectivity index (χ1v) is 11.2. The van der Waals surface area contributed by atoms with Crippen LogP contribution in [0.3, 0.4) is 0 Å². The molecule has 0 amide bonds. The highest BCUT2D eigenvalue weighted by molar-refractivity contribution is 5.85. The molecule has 4 rings (SSSR count). The molecule has 4 nitrogen and oxygen atoms in total. The van der Waals surface area contributed by atoms with Crippen molar-refractivity contribution in [2.45, 2.75) is 6.61 Å². The van der Waals surface area contributed by atoms with Gasteiger partial charge in [-0.2, -0.15) is 0 Å². The lowest BCUT2D eigenvalue weighted by Gasteiger charge is -2.33. The van der Waals surface area contributed by atoms with Crippen LogP contribution in [0.1, 0.15) is 11.1 Å². The van der Waals surface area contributed by atoms with Gasteiger partial charge in [-0.3, -0.25) is 9.80 Å². The number of nitrogens with zero attached hydrogens (tertiary/aromatic N) is 2. The Bertz CT molecular complexity index is 1010. The number of hydrogen-bond acceptors (Lipinski definition) is 4. The van der Waals surface area contributed by atoms with Crippen LogP contribution in [0.25, 0.3) is 0 Å². The average molecular weight is 499 g/mol. The lowest BCUT2D eigenvalue weighted by Crippen LogP contribution is -2.47. The van der Waals surface area contributed by atoms with E-state index in [4.69, 9.17) is 9.47 Å². The minimum absolute atomic E-state index is 0. The fourth-order valence-electron chi connectivity index (χ4n) is 3.66. The molecule has 0 bridgehead atoms. The second-order valence-electron chi connectivity index (χ2n) is 7.86. The van der Waals surface area contributed by atoms with Crippen LogP contribution in [0, 0.1) is 11.8 Å². The molecule has 34 heavy (non-hydrogen) atoms. The molecule has 3 aromatic carbocycles. The van der Waals surface area contributed by atoms with Crippen molar-refractivity contribution in [3.8, 4) is 23.3 Å². The van der Waals surface area contributed by atoms with E-state index in [0.717, 1.165) is 61.9 Å². The van der Waals surface area contributed by atoms with E-state index in [-0.39, 0.29) is 24.8 Å². The highest BCUT2D eigenvalue weighted by Gasteiger charge is 2.15. The predicted molar refractivity (Wildman–Crippen MR) is 143 cm³/mol. The average Bonchev–Trinajstić information content (AvgIpc) is 2.85. The standard InChI is InChI=1S/C28H30N2O2.2ClH/c1-3-10-25(11-4-1)12-9-17-29-18-20-30(21-19-29)22-23-31-24-26-13-7-8-16-28(26)32-27-14-5-2-6-15-27;;/h1-8,10-11,13-16H,17-24H2;2*1H. The monoisotopic (exact) mass is 498 g/mol. The molecule has 0 unspecified atom stereocenters. The Morgan fingerprint density at radius 3 is 2.06 bits per heavy atom. The lowest BCUT2D eigenvalue weighted by atomic mass is 10.2. The van der Waals surface area contributed by atoms with Crippen molar-refractivity contribution < 1.29 is 9.47 Å². The molecule has 0 radical (unpaired) electrons. The maximum absolute atomic E-state index is 6.02. The van der Waals surface area contributed by atoms with E-state index in [1.54, 1.807) is 0 Å². The smallest absolute Gasteiger partial charge is 0.132 e. The molecule has 0 N–H and O–H groups in total. The van der Waals surface area contributed by atoms with Crippen LogP contribution in [0.2, 0.25) is 0 Å². The quantitative estimate of drug-likeness (QED) is 0.302. The summed E-state index contributed by atoms with van der Waals surface area (Å²) in [4.78, 5) is 4.89. The van der Waals surface area contributed by atoms with Gasteiger partial charge in [0.05, 0.1) is 19.8 Å². The Balaban J connectivity index is 0.00000204.